The fourth-order valence-electron chi connectivity index (χ4n) is 5.65. The van der Waals surface area contributed by atoms with Gasteiger partial charge in [0, 0.05) is 0 Å². The summed E-state index contributed by atoms with van der Waals surface area (Å²) in [5.74, 6) is 0. The third-order valence-electron chi connectivity index (χ3n) is 8.47. The molecule has 4 aromatic rings. The van der Waals surface area contributed by atoms with Crippen LogP contribution >= 0.6 is 32.9 Å². The number of hydrogen-bond acceptors (Lipinski definition) is 0. The summed E-state index contributed by atoms with van der Waals surface area (Å²) in [6, 6.07) is 19.0. The van der Waals surface area contributed by atoms with Crippen molar-refractivity contribution in [2.45, 2.75) is 107 Å². The zero-order valence-corrected chi connectivity index (χ0v) is 34.0. The summed E-state index contributed by atoms with van der Waals surface area (Å²) in [6.07, 6.45) is 16.5. The zero-order chi connectivity index (χ0) is 31.8. The Bertz CT molecular complexity index is 1140. The van der Waals surface area contributed by atoms with Gasteiger partial charge in [-0.25, -0.2) is 0 Å². The Hall–Kier alpha value is -0.0169. The fraction of sp³-hybridized carbons (Fsp3) is 0.526. The van der Waals surface area contributed by atoms with Crippen LogP contribution in [0.25, 0.3) is 21.5 Å². The first-order chi connectivity index (χ1) is 20.8. The van der Waals surface area contributed by atoms with Gasteiger partial charge in [0.2, 0.25) is 0 Å². The van der Waals surface area contributed by atoms with Crippen LogP contribution in [-0.4, -0.2) is 24.6 Å². The fourth-order valence-corrected chi connectivity index (χ4v) is 11.2. The van der Waals surface area contributed by atoms with Crippen LogP contribution in [0.15, 0.2) is 48.5 Å². The molecule has 0 heterocycles. The minimum absolute atomic E-state index is 0.0609. The van der Waals surface area contributed by atoms with Gasteiger partial charge in [-0.15, -0.1) is 67.5 Å². The van der Waals surface area contributed by atoms with Crippen LogP contribution in [0.4, 0.5) is 0 Å². The Labute approximate surface area is 286 Å². The third-order valence-corrected chi connectivity index (χ3v) is 13.9. The van der Waals surface area contributed by atoms with Gasteiger partial charge in [-0.2, -0.15) is 12.1 Å². The number of halogens is 2. The molecule has 0 amide bonds. The monoisotopic (exact) mass is 734 g/mol. The summed E-state index contributed by atoms with van der Waals surface area (Å²) in [6.45, 7) is 18.2. The van der Waals surface area contributed by atoms with Crippen molar-refractivity contribution in [2.75, 3.05) is 24.6 Å². The van der Waals surface area contributed by atoms with Crippen LogP contribution < -0.4 is 10.6 Å². The number of rotatable bonds is 14. The molecule has 0 unspecified atom stereocenters. The van der Waals surface area contributed by atoms with Gasteiger partial charge in [0.25, 0.3) is 0 Å². The standard InChI is InChI=1S/2C19H28P.2ClH.Zr/c2*1-5-7-11-20(12-8-6-2)17-13-18-15(3)9-10-16(4)19(18)14-17;;;/h2*9-10,13-14H,5-8,11-12H2,1-4H3;2*1H;/q2*-1;;;+4/p-2. The molecular weight excluding hydrogens is 680 g/mol. The third kappa shape index (κ3) is 12.3. The van der Waals surface area contributed by atoms with Crippen molar-refractivity contribution in [1.82, 2.24) is 0 Å². The van der Waals surface area contributed by atoms with Crippen molar-refractivity contribution in [2.24, 2.45) is 0 Å². The zero-order valence-electron chi connectivity index (χ0n) is 28.3. The van der Waals surface area contributed by atoms with E-state index in [9.17, 15) is 0 Å². The molecule has 0 aliphatic heterocycles. The van der Waals surface area contributed by atoms with Gasteiger partial charge in [-0.3, -0.25) is 0 Å². The van der Waals surface area contributed by atoms with E-state index in [2.05, 4.69) is 104 Å². The summed E-state index contributed by atoms with van der Waals surface area (Å²) < 4.78 is 0. The Morgan fingerprint density at radius 3 is 1.07 bits per heavy atom. The first kappa shape index (κ1) is 39.2. The number of aryl methyl sites for hydroxylation is 4. The van der Waals surface area contributed by atoms with Crippen LogP contribution in [0.2, 0.25) is 0 Å². The van der Waals surface area contributed by atoms with Gasteiger partial charge in [0.15, 0.2) is 0 Å². The number of hydrogen-bond donors (Lipinski definition) is 0. The summed E-state index contributed by atoms with van der Waals surface area (Å²) in [7, 11) is 9.99. The molecule has 0 radical (unpaired) electrons. The molecule has 0 aliphatic rings. The van der Waals surface area contributed by atoms with Crippen molar-refractivity contribution in [1.29, 1.82) is 0 Å². The topological polar surface area (TPSA) is 0 Å². The van der Waals surface area contributed by atoms with Crippen LogP contribution in [0.3, 0.4) is 0 Å². The van der Waals surface area contributed by atoms with Gasteiger partial charge >= 0.3 is 37.9 Å². The maximum atomic E-state index is 4.93. The quantitative estimate of drug-likeness (QED) is 0.0893. The molecule has 0 saturated carbocycles. The molecule has 236 valence electrons. The van der Waals surface area contributed by atoms with E-state index in [0.29, 0.717) is 0 Å². The van der Waals surface area contributed by atoms with Crippen molar-refractivity contribution < 1.29 is 20.8 Å². The molecular formula is C38H56Cl2P2Zr. The molecule has 4 rings (SSSR count). The van der Waals surface area contributed by atoms with Crippen LogP contribution in [0, 0.1) is 27.7 Å². The van der Waals surface area contributed by atoms with E-state index in [1.807, 2.05) is 0 Å². The first-order valence-corrected chi connectivity index (χ1v) is 26.3. The van der Waals surface area contributed by atoms with E-state index in [-0.39, 0.29) is 15.8 Å². The Balaban J connectivity index is 0.000000275. The normalized spacial score (nSPS) is 11.1. The van der Waals surface area contributed by atoms with Crippen molar-refractivity contribution in [3.05, 3.63) is 70.8 Å². The van der Waals surface area contributed by atoms with E-state index in [1.54, 1.807) is 10.6 Å². The second-order valence-electron chi connectivity index (χ2n) is 11.9. The Morgan fingerprint density at radius 1 is 0.535 bits per heavy atom. The van der Waals surface area contributed by atoms with E-state index < -0.39 is 20.8 Å². The molecule has 0 saturated heterocycles. The van der Waals surface area contributed by atoms with Gasteiger partial charge in [0.1, 0.15) is 0 Å². The minimum atomic E-state index is -0.826. The number of benzene rings is 2. The summed E-state index contributed by atoms with van der Waals surface area (Å²) in [5.41, 5.74) is 5.71. The molecule has 5 heteroatoms. The van der Waals surface area contributed by atoms with Crippen molar-refractivity contribution in [3.8, 4) is 0 Å². The molecule has 0 fully saturated rings. The predicted molar refractivity (Wildman–Crippen MR) is 202 cm³/mol. The number of fused-ring (bicyclic) bond motifs is 2. The summed E-state index contributed by atoms with van der Waals surface area (Å²) in [5, 5.41) is 9.24. The van der Waals surface area contributed by atoms with Crippen LogP contribution in [-0.2, 0) is 20.8 Å². The predicted octanol–water partition coefficient (Wildman–Crippen LogP) is 13.1. The average molecular weight is 737 g/mol. The Kier molecular flexibility index (Phi) is 19.8. The van der Waals surface area contributed by atoms with Gasteiger partial charge in [-0.1, -0.05) is 106 Å². The average Bonchev–Trinajstić information content (AvgIpc) is 3.66. The molecule has 0 aromatic heterocycles. The van der Waals surface area contributed by atoms with Gasteiger partial charge < -0.3 is 0 Å². The molecule has 0 N–H and O–H groups in total. The molecule has 4 aromatic carbocycles. The molecule has 43 heavy (non-hydrogen) atoms. The van der Waals surface area contributed by atoms with Crippen LogP contribution in [0.1, 0.15) is 101 Å². The molecule has 0 bridgehead atoms. The molecule has 0 aliphatic carbocycles. The van der Waals surface area contributed by atoms with Gasteiger partial charge in [0.05, 0.1) is 0 Å². The van der Waals surface area contributed by atoms with E-state index >= 15 is 0 Å². The SMILES string of the molecule is CCCCP(CCCC)c1cc2c(C)ccc(C)c2[cH-]1.CCCCP(CCCC)c1cc2c(C)ccc(C)c2[cH-]1.[Cl][Zr+2][Cl]. The summed E-state index contributed by atoms with van der Waals surface area (Å²) in [4.78, 5) is 0. The summed E-state index contributed by atoms with van der Waals surface area (Å²) >= 11 is -0.826. The molecule has 0 atom stereocenters. The molecule has 0 nitrogen and oxygen atoms in total. The Morgan fingerprint density at radius 2 is 0.814 bits per heavy atom. The number of unbranched alkanes of at least 4 members (excludes halogenated alkanes) is 4. The first-order valence-electron chi connectivity index (χ1n) is 16.5. The van der Waals surface area contributed by atoms with Crippen molar-refractivity contribution >= 4 is 65.0 Å². The van der Waals surface area contributed by atoms with Crippen molar-refractivity contribution in [3.63, 3.8) is 0 Å². The van der Waals surface area contributed by atoms with Gasteiger partial charge in [-0.05, 0) is 64.2 Å². The second-order valence-corrected chi connectivity index (χ2v) is 20.7. The second kappa shape index (κ2) is 21.7. The van der Waals surface area contributed by atoms with E-state index in [0.717, 1.165) is 0 Å². The van der Waals surface area contributed by atoms with E-state index in [1.165, 1.54) is 120 Å². The maximum absolute atomic E-state index is 4.93. The van der Waals surface area contributed by atoms with Crippen LogP contribution in [0.5, 0.6) is 0 Å². The molecule has 0 spiro atoms. The van der Waals surface area contributed by atoms with E-state index in [4.69, 9.17) is 17.0 Å².